The first-order valence-electron chi connectivity index (χ1n) is 10.2. The van der Waals surface area contributed by atoms with Gasteiger partial charge in [0.15, 0.2) is 6.61 Å². The minimum Gasteiger partial charge on any atom is -0.462 e. The molecule has 9 heteroatoms. The number of carbonyl (C=O) groups is 4. The van der Waals surface area contributed by atoms with E-state index in [-0.39, 0.29) is 18.9 Å². The van der Waals surface area contributed by atoms with Gasteiger partial charge in [0.05, 0.1) is 18.1 Å². The molecular weight excluding hydrogens is 419 g/mol. The summed E-state index contributed by atoms with van der Waals surface area (Å²) in [7, 11) is 0. The second kappa shape index (κ2) is 10.5. The Bertz CT molecular complexity index is 991. The Morgan fingerprint density at radius 3 is 2.41 bits per heavy atom. The van der Waals surface area contributed by atoms with Crippen molar-refractivity contribution in [3.63, 3.8) is 0 Å². The van der Waals surface area contributed by atoms with E-state index in [1.165, 1.54) is 29.2 Å². The van der Waals surface area contributed by atoms with Gasteiger partial charge < -0.3 is 19.7 Å². The van der Waals surface area contributed by atoms with E-state index in [0.29, 0.717) is 23.5 Å². The van der Waals surface area contributed by atoms with Gasteiger partial charge in [-0.15, -0.1) is 0 Å². The van der Waals surface area contributed by atoms with Crippen LogP contribution in [0.3, 0.4) is 0 Å². The molecular formula is C23H23FN2O6. The maximum absolute atomic E-state index is 12.9. The van der Waals surface area contributed by atoms with Gasteiger partial charge in [0.2, 0.25) is 5.91 Å². The molecule has 1 N–H and O–H groups in total. The van der Waals surface area contributed by atoms with Gasteiger partial charge in [-0.2, -0.15) is 0 Å². The van der Waals surface area contributed by atoms with Crippen LogP contribution < -0.4 is 10.2 Å². The van der Waals surface area contributed by atoms with Gasteiger partial charge in [-0.3, -0.25) is 14.4 Å². The molecule has 1 aliphatic heterocycles. The molecule has 3 rings (SSSR count). The number of ether oxygens (including phenoxy) is 2. The number of carbonyl (C=O) groups excluding carboxylic acids is 4. The number of hydrogen-bond donors (Lipinski definition) is 1. The molecule has 2 amide bonds. The fraction of sp³-hybridized carbons (Fsp3) is 0.304. The van der Waals surface area contributed by atoms with Gasteiger partial charge in [-0.05, 0) is 55.0 Å². The zero-order valence-corrected chi connectivity index (χ0v) is 17.5. The summed E-state index contributed by atoms with van der Waals surface area (Å²) in [4.78, 5) is 49.9. The summed E-state index contributed by atoms with van der Waals surface area (Å²) < 4.78 is 23.0. The Morgan fingerprint density at radius 2 is 1.75 bits per heavy atom. The lowest BCUT2D eigenvalue weighted by Crippen LogP contribution is -2.28. The number of hydrogen-bond acceptors (Lipinski definition) is 6. The quantitative estimate of drug-likeness (QED) is 0.631. The molecule has 2 aromatic rings. The van der Waals surface area contributed by atoms with E-state index in [9.17, 15) is 23.6 Å². The largest absolute Gasteiger partial charge is 0.462 e. The number of rotatable bonds is 8. The van der Waals surface area contributed by atoms with E-state index in [2.05, 4.69) is 5.32 Å². The molecule has 32 heavy (non-hydrogen) atoms. The molecule has 1 saturated heterocycles. The van der Waals surface area contributed by atoms with Crippen LogP contribution in [0, 0.1) is 11.7 Å². The lowest BCUT2D eigenvalue weighted by Gasteiger charge is -2.17. The van der Waals surface area contributed by atoms with E-state index >= 15 is 0 Å². The van der Waals surface area contributed by atoms with Crippen molar-refractivity contribution < 1.29 is 33.0 Å². The van der Waals surface area contributed by atoms with Crippen LogP contribution in [0.1, 0.15) is 30.1 Å². The highest BCUT2D eigenvalue weighted by Crippen LogP contribution is 2.26. The standard InChI is InChI=1S/C23H23FN2O6/c1-2-11-31-22(29)15-3-9-19(10-4-15)26-13-16(12-21(26)28)23(30)32-14-20(27)25-18-7-5-17(24)6-8-18/h3-10,16H,2,11-14H2,1H3,(H,25,27)/t16-/m0/s1. The third-order valence-electron chi connectivity index (χ3n) is 4.78. The topological polar surface area (TPSA) is 102 Å². The van der Waals surface area contributed by atoms with Crippen LogP contribution in [0.4, 0.5) is 15.8 Å². The smallest absolute Gasteiger partial charge is 0.338 e. The van der Waals surface area contributed by atoms with Gasteiger partial charge in [0, 0.05) is 24.3 Å². The molecule has 0 saturated carbocycles. The van der Waals surface area contributed by atoms with Crippen molar-refractivity contribution in [3.8, 4) is 0 Å². The van der Waals surface area contributed by atoms with Crippen molar-refractivity contribution in [2.24, 2.45) is 5.92 Å². The molecule has 168 valence electrons. The molecule has 1 aliphatic rings. The van der Waals surface area contributed by atoms with Crippen LogP contribution in [-0.2, 0) is 23.9 Å². The Kier molecular flexibility index (Phi) is 7.54. The fourth-order valence-electron chi connectivity index (χ4n) is 3.16. The summed E-state index contributed by atoms with van der Waals surface area (Å²) in [5.74, 6) is -3.08. The first kappa shape index (κ1) is 22.9. The highest BCUT2D eigenvalue weighted by molar-refractivity contribution is 6.00. The van der Waals surface area contributed by atoms with Gasteiger partial charge in [-0.1, -0.05) is 6.92 Å². The fourth-order valence-corrected chi connectivity index (χ4v) is 3.16. The predicted octanol–water partition coefficient (Wildman–Crippen LogP) is 2.93. The summed E-state index contributed by atoms with van der Waals surface area (Å²) in [6.45, 7) is 1.82. The van der Waals surface area contributed by atoms with E-state index in [0.717, 1.165) is 6.42 Å². The summed E-state index contributed by atoms with van der Waals surface area (Å²) in [5.41, 5.74) is 1.29. The number of esters is 2. The normalized spacial score (nSPS) is 15.4. The number of halogens is 1. The number of amides is 2. The molecule has 1 heterocycles. The lowest BCUT2D eigenvalue weighted by atomic mass is 10.1. The third kappa shape index (κ3) is 5.90. The van der Waals surface area contributed by atoms with Crippen LogP contribution in [-0.4, -0.2) is 43.5 Å². The molecule has 2 aromatic carbocycles. The molecule has 0 aliphatic carbocycles. The van der Waals surface area contributed by atoms with Crippen LogP contribution in [0.15, 0.2) is 48.5 Å². The van der Waals surface area contributed by atoms with E-state index in [4.69, 9.17) is 9.47 Å². The van der Waals surface area contributed by atoms with Crippen molar-refractivity contribution in [1.29, 1.82) is 0 Å². The molecule has 1 atom stereocenters. The Labute approximate surface area is 184 Å². The SMILES string of the molecule is CCCOC(=O)c1ccc(N2C[C@@H](C(=O)OCC(=O)Nc3ccc(F)cc3)CC2=O)cc1. The first-order chi connectivity index (χ1) is 15.4. The number of anilines is 2. The van der Waals surface area contributed by atoms with E-state index in [1.807, 2.05) is 6.92 Å². The average Bonchev–Trinajstić information content (AvgIpc) is 3.19. The Balaban J connectivity index is 1.51. The summed E-state index contributed by atoms with van der Waals surface area (Å²) >= 11 is 0. The number of nitrogens with zero attached hydrogens (tertiary/aromatic N) is 1. The average molecular weight is 442 g/mol. The zero-order chi connectivity index (χ0) is 23.1. The van der Waals surface area contributed by atoms with E-state index in [1.54, 1.807) is 24.3 Å². The molecule has 1 fully saturated rings. The van der Waals surface area contributed by atoms with Crippen molar-refractivity contribution in [1.82, 2.24) is 0 Å². The van der Waals surface area contributed by atoms with Crippen LogP contribution in [0.25, 0.3) is 0 Å². The molecule has 0 bridgehead atoms. The highest BCUT2D eigenvalue weighted by Gasteiger charge is 2.36. The van der Waals surface area contributed by atoms with Gasteiger partial charge in [0.25, 0.3) is 5.91 Å². The van der Waals surface area contributed by atoms with Crippen LogP contribution in [0.5, 0.6) is 0 Å². The van der Waals surface area contributed by atoms with Crippen LogP contribution >= 0.6 is 0 Å². The summed E-state index contributed by atoms with van der Waals surface area (Å²) in [6, 6.07) is 11.5. The number of nitrogens with one attached hydrogen (secondary N) is 1. The van der Waals surface area contributed by atoms with E-state index < -0.39 is 36.2 Å². The first-order valence-corrected chi connectivity index (χ1v) is 10.2. The minimum absolute atomic E-state index is 0.0429. The minimum atomic E-state index is -0.713. The van der Waals surface area contributed by atoms with Gasteiger partial charge in [0.1, 0.15) is 5.82 Å². The molecule has 0 spiro atoms. The summed E-state index contributed by atoms with van der Waals surface area (Å²) in [5, 5.41) is 2.49. The number of benzene rings is 2. The highest BCUT2D eigenvalue weighted by atomic mass is 19.1. The molecule has 0 radical (unpaired) electrons. The van der Waals surface area contributed by atoms with Crippen molar-refractivity contribution in [3.05, 3.63) is 59.9 Å². The maximum atomic E-state index is 12.9. The maximum Gasteiger partial charge on any atom is 0.338 e. The van der Waals surface area contributed by atoms with Crippen LogP contribution in [0.2, 0.25) is 0 Å². The molecule has 0 aromatic heterocycles. The van der Waals surface area contributed by atoms with Gasteiger partial charge in [-0.25, -0.2) is 9.18 Å². The second-order valence-corrected chi connectivity index (χ2v) is 7.25. The summed E-state index contributed by atoms with van der Waals surface area (Å²) in [6.07, 6.45) is 0.677. The molecule has 0 unspecified atom stereocenters. The lowest BCUT2D eigenvalue weighted by molar-refractivity contribution is -0.151. The zero-order valence-electron chi connectivity index (χ0n) is 17.5. The molecule has 8 nitrogen and oxygen atoms in total. The Morgan fingerprint density at radius 1 is 1.06 bits per heavy atom. The van der Waals surface area contributed by atoms with Gasteiger partial charge >= 0.3 is 11.9 Å². The third-order valence-corrected chi connectivity index (χ3v) is 4.78. The van der Waals surface area contributed by atoms with Crippen molar-refractivity contribution in [2.75, 3.05) is 30.0 Å². The predicted molar refractivity (Wildman–Crippen MR) is 113 cm³/mol. The van der Waals surface area contributed by atoms with Crippen molar-refractivity contribution >= 4 is 35.1 Å². The Hall–Kier alpha value is -3.75. The monoisotopic (exact) mass is 442 g/mol. The van der Waals surface area contributed by atoms with Crippen molar-refractivity contribution in [2.45, 2.75) is 19.8 Å². The second-order valence-electron chi connectivity index (χ2n) is 7.25.